The van der Waals surface area contributed by atoms with E-state index in [1.807, 2.05) is 30.3 Å². The van der Waals surface area contributed by atoms with Crippen LogP contribution in [-0.4, -0.2) is 44.7 Å². The maximum atomic E-state index is 13.4. The lowest BCUT2D eigenvalue weighted by Gasteiger charge is -2.19. The molecule has 0 fully saturated rings. The molecule has 1 aliphatic rings. The summed E-state index contributed by atoms with van der Waals surface area (Å²) in [6.07, 6.45) is 2.35. The van der Waals surface area contributed by atoms with Gasteiger partial charge in [0, 0.05) is 12.2 Å². The number of rotatable bonds is 7. The van der Waals surface area contributed by atoms with Crippen LogP contribution in [-0.2, 0) is 26.2 Å². The molecule has 0 saturated heterocycles. The molecule has 0 N–H and O–H groups in total. The first-order valence-corrected chi connectivity index (χ1v) is 11.2. The van der Waals surface area contributed by atoms with Crippen LogP contribution in [0.5, 0.6) is 11.5 Å². The van der Waals surface area contributed by atoms with Gasteiger partial charge >= 0.3 is 5.97 Å². The van der Waals surface area contributed by atoms with Crippen molar-refractivity contribution < 1.29 is 23.8 Å². The van der Waals surface area contributed by atoms with Gasteiger partial charge in [-0.2, -0.15) is 0 Å². The molecule has 0 aromatic heterocycles. The average molecular weight is 464 g/mol. The number of amides is 1. The molecule has 0 radical (unpaired) electrons. The zero-order chi connectivity index (χ0) is 25.0. The monoisotopic (exact) mass is 463 g/mol. The fourth-order valence-electron chi connectivity index (χ4n) is 4.02. The highest BCUT2D eigenvalue weighted by Crippen LogP contribution is 2.33. The molecule has 2 aromatic carbocycles. The Balaban J connectivity index is 1.89. The number of esters is 1. The van der Waals surface area contributed by atoms with Crippen LogP contribution in [0.15, 0.2) is 59.3 Å². The topological polar surface area (TPSA) is 65.1 Å². The van der Waals surface area contributed by atoms with E-state index >= 15 is 0 Å². The van der Waals surface area contributed by atoms with Crippen LogP contribution in [0.1, 0.15) is 44.4 Å². The van der Waals surface area contributed by atoms with Gasteiger partial charge in [0.15, 0.2) is 11.5 Å². The summed E-state index contributed by atoms with van der Waals surface area (Å²) in [5, 5.41) is 0. The number of ether oxygens (including phenoxy) is 3. The Hall–Kier alpha value is -3.54. The quantitative estimate of drug-likeness (QED) is 0.431. The molecule has 3 rings (SSSR count). The molecule has 1 heterocycles. The van der Waals surface area contributed by atoms with Crippen molar-refractivity contribution >= 4 is 18.0 Å². The van der Waals surface area contributed by atoms with Crippen molar-refractivity contribution in [3.05, 3.63) is 76.0 Å². The van der Waals surface area contributed by atoms with Crippen molar-refractivity contribution in [3.63, 3.8) is 0 Å². The zero-order valence-corrected chi connectivity index (χ0v) is 21.0. The van der Waals surface area contributed by atoms with E-state index in [9.17, 15) is 9.59 Å². The second kappa shape index (κ2) is 10.2. The van der Waals surface area contributed by atoms with Crippen molar-refractivity contribution in [3.8, 4) is 11.5 Å². The lowest BCUT2D eigenvalue weighted by atomic mass is 9.86. The number of methoxy groups -OCH3 is 3. The summed E-state index contributed by atoms with van der Waals surface area (Å²) in [4.78, 5) is 27.6. The van der Waals surface area contributed by atoms with E-state index in [0.29, 0.717) is 41.3 Å². The lowest BCUT2D eigenvalue weighted by Crippen LogP contribution is -2.27. The number of nitrogens with zero attached hydrogens (tertiary/aromatic N) is 1. The number of hydrogen-bond donors (Lipinski definition) is 0. The van der Waals surface area contributed by atoms with E-state index in [4.69, 9.17) is 14.2 Å². The molecule has 0 atom stereocenters. The third kappa shape index (κ3) is 5.16. The molecule has 1 amide bonds. The van der Waals surface area contributed by atoms with E-state index < -0.39 is 5.97 Å². The first-order valence-electron chi connectivity index (χ1n) is 11.2. The minimum Gasteiger partial charge on any atom is -0.493 e. The van der Waals surface area contributed by atoms with Crippen LogP contribution in [0.3, 0.4) is 0 Å². The van der Waals surface area contributed by atoms with Gasteiger partial charge in [-0.3, -0.25) is 4.79 Å². The Kier molecular flexibility index (Phi) is 7.50. The standard InChI is InChI=1S/C28H33NO5/c1-18-25(27(31)34-7)22(16-19-8-11-21(12-9-19)28(2,3)4)26(30)29(18)15-14-20-10-13-23(32-5)24(17-20)33-6/h8-13,16-17H,14-15H2,1-7H3/b22-16-. The predicted octanol–water partition coefficient (Wildman–Crippen LogP) is 4.92. The molecule has 0 spiro atoms. The summed E-state index contributed by atoms with van der Waals surface area (Å²) in [6, 6.07) is 13.7. The molecule has 6 nitrogen and oxygen atoms in total. The van der Waals surface area contributed by atoms with Gasteiger partial charge in [-0.05, 0) is 53.7 Å². The second-order valence-electron chi connectivity index (χ2n) is 9.28. The van der Waals surface area contributed by atoms with Gasteiger partial charge in [0.2, 0.25) is 0 Å². The minimum atomic E-state index is -0.517. The molecule has 6 heteroatoms. The summed E-state index contributed by atoms with van der Waals surface area (Å²) in [7, 11) is 4.51. The molecule has 0 aliphatic carbocycles. The normalized spacial score (nSPS) is 15.2. The summed E-state index contributed by atoms with van der Waals surface area (Å²) < 4.78 is 15.7. The fourth-order valence-corrected chi connectivity index (χ4v) is 4.02. The first kappa shape index (κ1) is 25.1. The van der Waals surface area contributed by atoms with Crippen molar-refractivity contribution in [2.24, 2.45) is 0 Å². The number of hydrogen-bond acceptors (Lipinski definition) is 5. The van der Waals surface area contributed by atoms with Crippen molar-refractivity contribution in [2.45, 2.75) is 39.5 Å². The highest BCUT2D eigenvalue weighted by molar-refractivity contribution is 6.16. The van der Waals surface area contributed by atoms with Crippen LogP contribution in [0, 0.1) is 0 Å². The summed E-state index contributed by atoms with van der Waals surface area (Å²) in [5.74, 6) is 0.556. The Labute approximate surface area is 201 Å². The van der Waals surface area contributed by atoms with Crippen molar-refractivity contribution in [2.75, 3.05) is 27.9 Å². The van der Waals surface area contributed by atoms with Crippen LogP contribution in [0.25, 0.3) is 6.08 Å². The average Bonchev–Trinajstić information content (AvgIpc) is 3.05. The van der Waals surface area contributed by atoms with Gasteiger partial charge in [-0.15, -0.1) is 0 Å². The van der Waals surface area contributed by atoms with Crippen LogP contribution >= 0.6 is 0 Å². The molecule has 34 heavy (non-hydrogen) atoms. The molecule has 0 bridgehead atoms. The SMILES string of the molecule is COC(=O)C1=C(C)N(CCc2ccc(OC)c(OC)c2)C(=O)/C1=C\c1ccc(C(C)(C)C)cc1. The van der Waals surface area contributed by atoms with Gasteiger partial charge in [0.05, 0.1) is 32.5 Å². The van der Waals surface area contributed by atoms with Crippen LogP contribution < -0.4 is 9.47 Å². The van der Waals surface area contributed by atoms with Crippen molar-refractivity contribution in [1.82, 2.24) is 4.90 Å². The molecular weight excluding hydrogens is 430 g/mol. The Morgan fingerprint density at radius 1 is 0.971 bits per heavy atom. The Bertz CT molecular complexity index is 1140. The predicted molar refractivity (Wildman–Crippen MR) is 133 cm³/mol. The Morgan fingerprint density at radius 2 is 1.62 bits per heavy atom. The fraction of sp³-hybridized carbons (Fsp3) is 0.357. The van der Waals surface area contributed by atoms with E-state index in [0.717, 1.165) is 11.1 Å². The van der Waals surface area contributed by atoms with E-state index in [1.54, 1.807) is 32.1 Å². The molecule has 0 unspecified atom stereocenters. The smallest absolute Gasteiger partial charge is 0.340 e. The number of carbonyl (C=O) groups excluding carboxylic acids is 2. The van der Waals surface area contributed by atoms with Gasteiger partial charge in [0.25, 0.3) is 5.91 Å². The summed E-state index contributed by atoms with van der Waals surface area (Å²) >= 11 is 0. The highest BCUT2D eigenvalue weighted by atomic mass is 16.5. The van der Waals surface area contributed by atoms with E-state index in [-0.39, 0.29) is 11.3 Å². The number of benzene rings is 2. The minimum absolute atomic E-state index is 0.0312. The second-order valence-corrected chi connectivity index (χ2v) is 9.28. The van der Waals surface area contributed by atoms with Gasteiger partial charge in [-0.1, -0.05) is 51.1 Å². The van der Waals surface area contributed by atoms with E-state index in [1.165, 1.54) is 12.7 Å². The van der Waals surface area contributed by atoms with E-state index in [2.05, 4.69) is 32.9 Å². The largest absolute Gasteiger partial charge is 0.493 e. The molecular formula is C28H33NO5. The number of allylic oxidation sites excluding steroid dienone is 1. The van der Waals surface area contributed by atoms with Crippen molar-refractivity contribution in [1.29, 1.82) is 0 Å². The summed E-state index contributed by atoms with van der Waals surface area (Å²) in [6.45, 7) is 8.65. The van der Waals surface area contributed by atoms with Gasteiger partial charge in [0.1, 0.15) is 0 Å². The first-order chi connectivity index (χ1) is 16.1. The third-order valence-electron chi connectivity index (χ3n) is 6.06. The summed E-state index contributed by atoms with van der Waals surface area (Å²) in [5.41, 5.74) is 4.32. The third-order valence-corrected chi connectivity index (χ3v) is 6.06. The zero-order valence-electron chi connectivity index (χ0n) is 21.0. The Morgan fingerprint density at radius 3 is 2.18 bits per heavy atom. The van der Waals surface area contributed by atoms with Crippen LogP contribution in [0.2, 0.25) is 0 Å². The number of carbonyl (C=O) groups is 2. The lowest BCUT2D eigenvalue weighted by molar-refractivity contribution is -0.136. The molecule has 1 aliphatic heterocycles. The van der Waals surface area contributed by atoms with Gasteiger partial charge < -0.3 is 19.1 Å². The molecule has 0 saturated carbocycles. The maximum Gasteiger partial charge on any atom is 0.340 e. The molecule has 2 aromatic rings. The van der Waals surface area contributed by atoms with Crippen LogP contribution in [0.4, 0.5) is 0 Å². The molecule has 180 valence electrons. The maximum absolute atomic E-state index is 13.4. The highest BCUT2D eigenvalue weighted by Gasteiger charge is 2.36. The van der Waals surface area contributed by atoms with Gasteiger partial charge in [-0.25, -0.2) is 4.79 Å².